The molecule has 4 rings (SSSR count). The molecule has 0 saturated heterocycles. The molecule has 0 unspecified atom stereocenters. The molecule has 0 bridgehead atoms. The fourth-order valence-corrected chi connectivity index (χ4v) is 3.79. The number of rotatable bonds is 6. The normalized spacial score (nSPS) is 18.0. The Morgan fingerprint density at radius 2 is 1.87 bits per heavy atom. The van der Waals surface area contributed by atoms with Crippen molar-refractivity contribution in [2.45, 2.75) is 12.6 Å². The highest BCUT2D eigenvalue weighted by atomic mass is 16.5. The van der Waals surface area contributed by atoms with E-state index < -0.39 is 6.04 Å². The highest BCUT2D eigenvalue weighted by Crippen LogP contribution is 2.42. The third-order valence-electron chi connectivity index (χ3n) is 5.14. The van der Waals surface area contributed by atoms with Crippen LogP contribution < -0.4 is 24.8 Å². The Kier molecular flexibility index (Phi) is 5.18. The molecule has 0 aliphatic carbocycles. The Hall–Kier alpha value is -3.75. The van der Waals surface area contributed by atoms with E-state index in [9.17, 15) is 9.59 Å². The second-order valence-electron chi connectivity index (χ2n) is 6.90. The SMILES string of the molecule is COc1cc([C@@H]2NC(=O)NC3=C2C(=O)N(Cc2cccnc2)C3)cc(OC)c1OC. The summed E-state index contributed by atoms with van der Waals surface area (Å²) in [6, 6.07) is 6.19. The quantitative estimate of drug-likeness (QED) is 0.753. The lowest BCUT2D eigenvalue weighted by Gasteiger charge is -2.26. The first-order chi connectivity index (χ1) is 14.5. The first-order valence-electron chi connectivity index (χ1n) is 9.34. The third-order valence-corrected chi connectivity index (χ3v) is 5.14. The predicted octanol–water partition coefficient (Wildman–Crippen LogP) is 1.76. The van der Waals surface area contributed by atoms with Gasteiger partial charge in [-0.1, -0.05) is 6.07 Å². The summed E-state index contributed by atoms with van der Waals surface area (Å²) in [4.78, 5) is 31.3. The van der Waals surface area contributed by atoms with Crippen LogP contribution in [0.4, 0.5) is 4.79 Å². The van der Waals surface area contributed by atoms with Gasteiger partial charge in [0, 0.05) is 18.9 Å². The Bertz CT molecular complexity index is 996. The van der Waals surface area contributed by atoms with Crippen molar-refractivity contribution in [2.75, 3.05) is 27.9 Å². The summed E-state index contributed by atoms with van der Waals surface area (Å²) in [5.74, 6) is 1.17. The van der Waals surface area contributed by atoms with Crippen LogP contribution in [0.5, 0.6) is 17.2 Å². The van der Waals surface area contributed by atoms with Crippen LogP contribution in [0.3, 0.4) is 0 Å². The van der Waals surface area contributed by atoms with Crippen LogP contribution in [0.1, 0.15) is 17.2 Å². The summed E-state index contributed by atoms with van der Waals surface area (Å²) in [7, 11) is 4.55. The van der Waals surface area contributed by atoms with E-state index in [4.69, 9.17) is 14.2 Å². The summed E-state index contributed by atoms with van der Waals surface area (Å²) in [6.07, 6.45) is 3.40. The van der Waals surface area contributed by atoms with Gasteiger partial charge < -0.3 is 29.7 Å². The Balaban J connectivity index is 1.70. The molecule has 2 N–H and O–H groups in total. The van der Waals surface area contributed by atoms with Crippen molar-refractivity contribution in [1.82, 2.24) is 20.5 Å². The molecule has 0 saturated carbocycles. The molecule has 0 fully saturated rings. The van der Waals surface area contributed by atoms with Crippen molar-refractivity contribution in [3.05, 3.63) is 59.1 Å². The molecule has 0 radical (unpaired) electrons. The van der Waals surface area contributed by atoms with Crippen molar-refractivity contribution >= 4 is 11.9 Å². The number of benzene rings is 1. The second kappa shape index (κ2) is 7.94. The fraction of sp³-hybridized carbons (Fsp3) is 0.286. The van der Waals surface area contributed by atoms with Gasteiger partial charge in [0.1, 0.15) is 0 Å². The topological polar surface area (TPSA) is 102 Å². The number of hydrogen-bond donors (Lipinski definition) is 2. The smallest absolute Gasteiger partial charge is 0.319 e. The maximum atomic E-state index is 13.2. The molecular weight excluding hydrogens is 388 g/mol. The van der Waals surface area contributed by atoms with E-state index in [0.717, 1.165) is 5.56 Å². The van der Waals surface area contributed by atoms with E-state index in [0.29, 0.717) is 47.2 Å². The third kappa shape index (κ3) is 3.38. The van der Waals surface area contributed by atoms with E-state index in [1.54, 1.807) is 29.4 Å². The van der Waals surface area contributed by atoms with Gasteiger partial charge in [-0.3, -0.25) is 9.78 Å². The van der Waals surface area contributed by atoms with Crippen molar-refractivity contribution in [3.8, 4) is 17.2 Å². The molecule has 1 aromatic carbocycles. The standard InChI is InChI=1S/C21H22N4O5/c1-28-15-7-13(8-16(29-2)19(15)30-3)18-17-14(23-21(27)24-18)11-25(20(17)26)10-12-5-4-6-22-9-12/h4-9,18H,10-11H2,1-3H3,(H2,23,24,27)/t18-/m0/s1. The first kappa shape index (κ1) is 19.6. The van der Waals surface area contributed by atoms with Gasteiger partial charge >= 0.3 is 6.03 Å². The lowest BCUT2D eigenvalue weighted by molar-refractivity contribution is -0.126. The number of aromatic nitrogens is 1. The van der Waals surface area contributed by atoms with Gasteiger partial charge in [0.25, 0.3) is 5.91 Å². The number of hydrogen-bond acceptors (Lipinski definition) is 6. The van der Waals surface area contributed by atoms with Crippen molar-refractivity contribution in [1.29, 1.82) is 0 Å². The van der Waals surface area contributed by atoms with Crippen LogP contribution in [0.15, 0.2) is 47.9 Å². The Morgan fingerprint density at radius 1 is 1.13 bits per heavy atom. The van der Waals surface area contributed by atoms with E-state index >= 15 is 0 Å². The molecule has 0 spiro atoms. The number of amides is 3. The van der Waals surface area contributed by atoms with Crippen LogP contribution in [-0.2, 0) is 11.3 Å². The molecule has 1 atom stereocenters. The van der Waals surface area contributed by atoms with Gasteiger partial charge in [0.2, 0.25) is 5.75 Å². The van der Waals surface area contributed by atoms with Crippen LogP contribution in [-0.4, -0.2) is 49.7 Å². The molecule has 2 aromatic rings. The van der Waals surface area contributed by atoms with Gasteiger partial charge in [-0.15, -0.1) is 0 Å². The zero-order valence-electron chi connectivity index (χ0n) is 16.9. The first-order valence-corrected chi connectivity index (χ1v) is 9.34. The maximum absolute atomic E-state index is 13.2. The van der Waals surface area contributed by atoms with E-state index in [1.165, 1.54) is 21.3 Å². The van der Waals surface area contributed by atoms with E-state index in [-0.39, 0.29) is 11.9 Å². The van der Waals surface area contributed by atoms with Gasteiger partial charge in [-0.2, -0.15) is 0 Å². The largest absolute Gasteiger partial charge is 0.493 e. The predicted molar refractivity (Wildman–Crippen MR) is 107 cm³/mol. The monoisotopic (exact) mass is 410 g/mol. The number of pyridine rings is 1. The van der Waals surface area contributed by atoms with E-state index in [1.807, 2.05) is 12.1 Å². The number of carbonyl (C=O) groups is 2. The summed E-state index contributed by atoms with van der Waals surface area (Å²) >= 11 is 0. The zero-order valence-corrected chi connectivity index (χ0v) is 16.9. The number of ether oxygens (including phenoxy) is 3. The molecule has 9 nitrogen and oxygen atoms in total. The van der Waals surface area contributed by atoms with Crippen LogP contribution in [0.25, 0.3) is 0 Å². The summed E-state index contributed by atoms with van der Waals surface area (Å²) in [5.41, 5.74) is 2.65. The van der Waals surface area contributed by atoms with Crippen LogP contribution in [0, 0.1) is 0 Å². The van der Waals surface area contributed by atoms with Gasteiger partial charge in [-0.25, -0.2) is 4.79 Å². The maximum Gasteiger partial charge on any atom is 0.319 e. The molecular formula is C21H22N4O5. The molecule has 3 heterocycles. The van der Waals surface area contributed by atoms with Gasteiger partial charge in [0.15, 0.2) is 11.5 Å². The summed E-state index contributed by atoms with van der Waals surface area (Å²) in [5, 5.41) is 5.61. The molecule has 9 heteroatoms. The minimum atomic E-state index is -0.645. The van der Waals surface area contributed by atoms with Crippen LogP contribution in [0.2, 0.25) is 0 Å². The minimum Gasteiger partial charge on any atom is -0.493 e. The molecule has 156 valence electrons. The zero-order chi connectivity index (χ0) is 21.3. The highest BCUT2D eigenvalue weighted by Gasteiger charge is 2.40. The number of carbonyl (C=O) groups excluding carboxylic acids is 2. The molecule has 3 amide bonds. The number of methoxy groups -OCH3 is 3. The lowest BCUT2D eigenvalue weighted by Crippen LogP contribution is -2.44. The van der Waals surface area contributed by atoms with Crippen LogP contribution >= 0.6 is 0 Å². The van der Waals surface area contributed by atoms with Crippen molar-refractivity contribution in [3.63, 3.8) is 0 Å². The lowest BCUT2D eigenvalue weighted by atomic mass is 9.95. The fourth-order valence-electron chi connectivity index (χ4n) is 3.79. The number of urea groups is 1. The average molecular weight is 410 g/mol. The van der Waals surface area contributed by atoms with Gasteiger partial charge in [-0.05, 0) is 29.3 Å². The molecule has 30 heavy (non-hydrogen) atoms. The van der Waals surface area contributed by atoms with Gasteiger partial charge in [0.05, 0.1) is 45.2 Å². The Morgan fingerprint density at radius 3 is 2.47 bits per heavy atom. The number of nitrogens with zero attached hydrogens (tertiary/aromatic N) is 2. The van der Waals surface area contributed by atoms with Crippen molar-refractivity contribution < 1.29 is 23.8 Å². The van der Waals surface area contributed by atoms with E-state index in [2.05, 4.69) is 15.6 Å². The summed E-state index contributed by atoms with van der Waals surface area (Å²) in [6.45, 7) is 0.717. The Labute approximate surface area is 173 Å². The average Bonchev–Trinajstić information content (AvgIpc) is 3.07. The van der Waals surface area contributed by atoms with Crippen molar-refractivity contribution in [2.24, 2.45) is 0 Å². The second-order valence-corrected chi connectivity index (χ2v) is 6.90. The molecule has 2 aliphatic rings. The highest BCUT2D eigenvalue weighted by molar-refractivity contribution is 6.01. The summed E-state index contributed by atoms with van der Waals surface area (Å²) < 4.78 is 16.2. The number of nitrogens with one attached hydrogen (secondary N) is 2. The molecule has 1 aromatic heterocycles. The molecule has 2 aliphatic heterocycles. The minimum absolute atomic E-state index is 0.153.